The molecule has 0 radical (unpaired) electrons. The lowest BCUT2D eigenvalue weighted by Gasteiger charge is -2.24. The van der Waals surface area contributed by atoms with E-state index >= 15 is 0 Å². The number of nitrogens with one attached hydrogen (secondary N) is 4. The van der Waals surface area contributed by atoms with E-state index in [1.54, 1.807) is 30.3 Å². The van der Waals surface area contributed by atoms with Crippen LogP contribution in [-0.2, 0) is 25.6 Å². The Hall–Kier alpha value is -4.65. The number of aliphatic hydroxyl groups is 2. The SMILES string of the molecule is O=C(/C=C/c1ccc(F)cc1)N[C@@H](CO)C(=O)N[C@@H](Cc1ccccc1)C(=O)N[C@@H](CO)C(=O)Nc1ccc(F)c(Cl)c1. The van der Waals surface area contributed by atoms with Gasteiger partial charge in [0.2, 0.25) is 23.6 Å². The minimum absolute atomic E-state index is 0.0394. The summed E-state index contributed by atoms with van der Waals surface area (Å²) in [6.45, 7) is -1.61. The number of carbonyl (C=O) groups excluding carboxylic acids is 4. The fourth-order valence-corrected chi connectivity index (χ4v) is 3.94. The van der Waals surface area contributed by atoms with Crippen LogP contribution in [0.25, 0.3) is 6.08 Å². The van der Waals surface area contributed by atoms with Crippen molar-refractivity contribution in [2.75, 3.05) is 18.5 Å². The molecular formula is C30H29ClF2N4O6. The van der Waals surface area contributed by atoms with E-state index in [0.29, 0.717) is 11.1 Å². The second-order valence-electron chi connectivity index (χ2n) is 9.24. The van der Waals surface area contributed by atoms with Crippen molar-refractivity contribution in [3.63, 3.8) is 0 Å². The van der Waals surface area contributed by atoms with Crippen molar-refractivity contribution < 1.29 is 38.2 Å². The Morgan fingerprint density at radius 1 is 0.767 bits per heavy atom. The van der Waals surface area contributed by atoms with Crippen molar-refractivity contribution in [1.29, 1.82) is 0 Å². The summed E-state index contributed by atoms with van der Waals surface area (Å²) in [6, 6.07) is 13.1. The molecule has 3 aromatic carbocycles. The molecule has 0 saturated carbocycles. The van der Waals surface area contributed by atoms with Gasteiger partial charge >= 0.3 is 0 Å². The van der Waals surface area contributed by atoms with Gasteiger partial charge in [-0.3, -0.25) is 19.2 Å². The third-order valence-corrected chi connectivity index (χ3v) is 6.32. The smallest absolute Gasteiger partial charge is 0.249 e. The maximum absolute atomic E-state index is 13.4. The number of hydrogen-bond acceptors (Lipinski definition) is 6. The van der Waals surface area contributed by atoms with Crippen LogP contribution >= 0.6 is 11.6 Å². The van der Waals surface area contributed by atoms with Crippen LogP contribution in [-0.4, -0.2) is 65.2 Å². The minimum Gasteiger partial charge on any atom is -0.394 e. The summed E-state index contributed by atoms with van der Waals surface area (Å²) >= 11 is 5.74. The molecule has 3 aromatic rings. The van der Waals surface area contributed by atoms with E-state index in [4.69, 9.17) is 11.6 Å². The molecule has 13 heteroatoms. The van der Waals surface area contributed by atoms with Gasteiger partial charge in [0.05, 0.1) is 18.2 Å². The van der Waals surface area contributed by atoms with Crippen molar-refractivity contribution in [3.05, 3.63) is 107 Å². The van der Waals surface area contributed by atoms with Crippen LogP contribution in [0.4, 0.5) is 14.5 Å². The third-order valence-electron chi connectivity index (χ3n) is 6.03. The van der Waals surface area contributed by atoms with Crippen LogP contribution in [0.5, 0.6) is 0 Å². The topological polar surface area (TPSA) is 157 Å². The molecule has 0 aliphatic heterocycles. The molecule has 6 N–H and O–H groups in total. The minimum atomic E-state index is -1.46. The average molecular weight is 615 g/mol. The summed E-state index contributed by atoms with van der Waals surface area (Å²) < 4.78 is 26.5. The van der Waals surface area contributed by atoms with Gasteiger partial charge in [-0.15, -0.1) is 0 Å². The Labute approximate surface area is 250 Å². The molecule has 0 bridgehead atoms. The van der Waals surface area contributed by atoms with Crippen LogP contribution in [0.1, 0.15) is 11.1 Å². The molecule has 226 valence electrons. The fourth-order valence-electron chi connectivity index (χ4n) is 3.76. The monoisotopic (exact) mass is 614 g/mol. The van der Waals surface area contributed by atoms with Gasteiger partial charge in [-0.1, -0.05) is 54.1 Å². The Balaban J connectivity index is 1.70. The zero-order chi connectivity index (χ0) is 31.4. The summed E-state index contributed by atoms with van der Waals surface area (Å²) in [5.74, 6) is -4.46. The molecule has 0 spiro atoms. The fraction of sp³-hybridized carbons (Fsp3) is 0.200. The average Bonchev–Trinajstić information content (AvgIpc) is 3.00. The number of benzene rings is 3. The summed E-state index contributed by atoms with van der Waals surface area (Å²) in [6.07, 6.45) is 2.44. The van der Waals surface area contributed by atoms with Crippen molar-refractivity contribution in [3.8, 4) is 0 Å². The van der Waals surface area contributed by atoms with Gasteiger partial charge in [0.15, 0.2) is 0 Å². The maximum Gasteiger partial charge on any atom is 0.249 e. The number of carbonyl (C=O) groups is 4. The number of amides is 4. The first-order chi connectivity index (χ1) is 20.6. The van der Waals surface area contributed by atoms with Crippen LogP contribution in [0.3, 0.4) is 0 Å². The zero-order valence-electron chi connectivity index (χ0n) is 22.6. The second kappa shape index (κ2) is 16.1. The van der Waals surface area contributed by atoms with Crippen LogP contribution < -0.4 is 21.3 Å². The molecule has 43 heavy (non-hydrogen) atoms. The lowest BCUT2D eigenvalue weighted by molar-refractivity contribution is -0.133. The first-order valence-electron chi connectivity index (χ1n) is 13.0. The number of hydrogen-bond donors (Lipinski definition) is 6. The Morgan fingerprint density at radius 3 is 2.00 bits per heavy atom. The summed E-state index contributed by atoms with van der Waals surface area (Å²) in [5.41, 5.74) is 1.28. The quantitative estimate of drug-likeness (QED) is 0.162. The van der Waals surface area contributed by atoms with E-state index in [0.717, 1.165) is 18.2 Å². The zero-order valence-corrected chi connectivity index (χ0v) is 23.4. The molecule has 0 aromatic heterocycles. The molecule has 0 saturated heterocycles. The van der Waals surface area contributed by atoms with Gasteiger partial charge in [0.1, 0.15) is 29.8 Å². The molecule has 0 aliphatic rings. The van der Waals surface area contributed by atoms with E-state index in [1.807, 2.05) is 0 Å². The van der Waals surface area contributed by atoms with Gasteiger partial charge < -0.3 is 31.5 Å². The predicted molar refractivity (Wildman–Crippen MR) is 156 cm³/mol. The van der Waals surface area contributed by atoms with E-state index in [9.17, 15) is 38.2 Å². The molecule has 0 fully saturated rings. The normalized spacial score (nSPS) is 13.0. The number of aliphatic hydroxyl groups excluding tert-OH is 2. The van der Waals surface area contributed by atoms with Crippen molar-refractivity contribution in [2.24, 2.45) is 0 Å². The highest BCUT2D eigenvalue weighted by Gasteiger charge is 2.29. The third kappa shape index (κ3) is 10.3. The Morgan fingerprint density at radius 2 is 1.37 bits per heavy atom. The van der Waals surface area contributed by atoms with Gasteiger partial charge in [-0.2, -0.15) is 0 Å². The van der Waals surface area contributed by atoms with Crippen molar-refractivity contribution >= 4 is 47.0 Å². The molecule has 0 aliphatic carbocycles. The Bertz CT molecular complexity index is 1460. The first kappa shape index (κ1) is 32.9. The molecule has 3 atom stereocenters. The highest BCUT2D eigenvalue weighted by Crippen LogP contribution is 2.19. The summed E-state index contributed by atoms with van der Waals surface area (Å²) in [5, 5.41) is 28.9. The Kier molecular flexibility index (Phi) is 12.3. The largest absolute Gasteiger partial charge is 0.394 e. The van der Waals surface area contributed by atoms with Crippen LogP contribution in [0.2, 0.25) is 5.02 Å². The first-order valence-corrected chi connectivity index (χ1v) is 13.3. The predicted octanol–water partition coefficient (Wildman–Crippen LogP) is 1.95. The van der Waals surface area contributed by atoms with E-state index in [-0.39, 0.29) is 17.1 Å². The van der Waals surface area contributed by atoms with Gasteiger partial charge in [-0.05, 0) is 47.5 Å². The van der Waals surface area contributed by atoms with Crippen molar-refractivity contribution in [2.45, 2.75) is 24.5 Å². The van der Waals surface area contributed by atoms with Gasteiger partial charge in [-0.25, -0.2) is 8.78 Å². The molecule has 0 unspecified atom stereocenters. The molecular weight excluding hydrogens is 586 g/mol. The lowest BCUT2D eigenvalue weighted by atomic mass is 10.0. The number of halogens is 3. The molecule has 3 rings (SSSR count). The summed E-state index contributed by atoms with van der Waals surface area (Å²) in [4.78, 5) is 51.4. The standard InChI is InChI=1S/C30H29ClF2N4O6/c31-22-15-21(11-12-23(22)33)34-29(42)26(17-39)37-28(41)24(14-19-4-2-1-3-5-19)36-30(43)25(16-38)35-27(40)13-8-18-6-9-20(32)10-7-18/h1-13,15,24-26,38-39H,14,16-17H2,(H,34,42)(H,35,40)(H,36,43)(H,37,41)/b13-8+/t24-,25-,26-/m0/s1. The van der Waals surface area contributed by atoms with Crippen LogP contribution in [0, 0.1) is 11.6 Å². The van der Waals surface area contributed by atoms with E-state index in [1.165, 1.54) is 36.4 Å². The van der Waals surface area contributed by atoms with E-state index in [2.05, 4.69) is 21.3 Å². The highest BCUT2D eigenvalue weighted by atomic mass is 35.5. The van der Waals surface area contributed by atoms with Gasteiger partial charge in [0, 0.05) is 18.2 Å². The molecule has 4 amide bonds. The van der Waals surface area contributed by atoms with Crippen LogP contribution in [0.15, 0.2) is 78.9 Å². The highest BCUT2D eigenvalue weighted by molar-refractivity contribution is 6.31. The summed E-state index contributed by atoms with van der Waals surface area (Å²) in [7, 11) is 0. The van der Waals surface area contributed by atoms with Gasteiger partial charge in [0.25, 0.3) is 0 Å². The maximum atomic E-state index is 13.4. The van der Waals surface area contributed by atoms with Crippen molar-refractivity contribution in [1.82, 2.24) is 16.0 Å². The lowest BCUT2D eigenvalue weighted by Crippen LogP contribution is -2.58. The number of rotatable bonds is 13. The molecule has 10 nitrogen and oxygen atoms in total. The molecule has 0 heterocycles. The second-order valence-corrected chi connectivity index (χ2v) is 9.65. The number of anilines is 1. The van der Waals surface area contributed by atoms with E-state index < -0.39 is 66.6 Å².